The van der Waals surface area contributed by atoms with E-state index < -0.39 is 24.2 Å². The number of nitrogens with one attached hydrogen (secondary N) is 2. The van der Waals surface area contributed by atoms with Gasteiger partial charge in [-0.25, -0.2) is 9.36 Å². The van der Waals surface area contributed by atoms with Crippen molar-refractivity contribution in [2.75, 3.05) is 12.1 Å². The highest BCUT2D eigenvalue weighted by molar-refractivity contribution is 5.93. The summed E-state index contributed by atoms with van der Waals surface area (Å²) in [7, 11) is 0. The minimum atomic E-state index is -4.55. The zero-order valence-electron chi connectivity index (χ0n) is 19.3. The van der Waals surface area contributed by atoms with Crippen LogP contribution in [0.4, 0.5) is 19.0 Å². The van der Waals surface area contributed by atoms with Crippen LogP contribution in [0.1, 0.15) is 40.1 Å². The van der Waals surface area contributed by atoms with Crippen molar-refractivity contribution in [3.63, 3.8) is 0 Å². The fraction of sp³-hybridized carbons (Fsp3) is 0.240. The van der Waals surface area contributed by atoms with Gasteiger partial charge in [0.05, 0.1) is 11.7 Å². The van der Waals surface area contributed by atoms with Crippen molar-refractivity contribution in [2.24, 2.45) is 0 Å². The molecule has 0 bridgehead atoms. The maximum Gasteiger partial charge on any atom is 0.410 e. The van der Waals surface area contributed by atoms with Gasteiger partial charge in [0, 0.05) is 31.4 Å². The summed E-state index contributed by atoms with van der Waals surface area (Å²) in [6.45, 7) is 0.262. The third-order valence-electron chi connectivity index (χ3n) is 6.38. The van der Waals surface area contributed by atoms with Gasteiger partial charge >= 0.3 is 6.18 Å². The molecule has 0 radical (unpaired) electrons. The van der Waals surface area contributed by atoms with E-state index in [1.54, 1.807) is 29.1 Å². The number of benzene rings is 2. The van der Waals surface area contributed by atoms with Gasteiger partial charge in [-0.1, -0.05) is 18.2 Å². The third-order valence-corrected chi connectivity index (χ3v) is 6.38. The Hall–Kier alpha value is -4.48. The van der Waals surface area contributed by atoms with Crippen LogP contribution in [0.15, 0.2) is 67.0 Å². The van der Waals surface area contributed by atoms with Crippen molar-refractivity contribution >= 4 is 11.7 Å². The van der Waals surface area contributed by atoms with Gasteiger partial charge in [0.15, 0.2) is 23.2 Å². The molecule has 190 valence electrons. The van der Waals surface area contributed by atoms with E-state index in [1.807, 2.05) is 36.5 Å². The lowest BCUT2D eigenvalue weighted by molar-refractivity contribution is -0.173. The highest BCUT2D eigenvalue weighted by atomic mass is 19.4. The summed E-state index contributed by atoms with van der Waals surface area (Å²) in [4.78, 5) is 12.8. The van der Waals surface area contributed by atoms with Crippen LogP contribution in [0.2, 0.25) is 0 Å². The SMILES string of the molecule is O=C(NCc1ccc(-n2cccn2)cc1)c1cc2n(n1)[C@@H](C(F)(F)F)C[C@H](c1ccc3c(c1)OCO3)N2. The average molecular weight is 510 g/mol. The molecule has 2 aliphatic rings. The molecular formula is C25H21F3N6O3. The summed E-state index contributed by atoms with van der Waals surface area (Å²) in [6.07, 6.45) is -1.35. The first-order valence-corrected chi connectivity index (χ1v) is 11.5. The molecule has 6 rings (SSSR count). The summed E-state index contributed by atoms with van der Waals surface area (Å²) in [5, 5.41) is 14.0. The molecule has 2 aromatic heterocycles. The smallest absolute Gasteiger partial charge is 0.410 e. The number of fused-ring (bicyclic) bond motifs is 2. The Morgan fingerprint density at radius 2 is 1.92 bits per heavy atom. The van der Waals surface area contributed by atoms with Crippen LogP contribution in [-0.2, 0) is 6.54 Å². The summed E-state index contributed by atoms with van der Waals surface area (Å²) >= 11 is 0. The quantitative estimate of drug-likeness (QED) is 0.414. The van der Waals surface area contributed by atoms with Crippen molar-refractivity contribution in [2.45, 2.75) is 31.2 Å². The summed E-state index contributed by atoms with van der Waals surface area (Å²) in [6, 6.07) is 13.1. The number of hydrogen-bond acceptors (Lipinski definition) is 6. The predicted molar refractivity (Wildman–Crippen MR) is 126 cm³/mol. The fourth-order valence-corrected chi connectivity index (χ4v) is 4.49. The third kappa shape index (κ3) is 4.46. The monoisotopic (exact) mass is 510 g/mol. The lowest BCUT2D eigenvalue weighted by Crippen LogP contribution is -2.35. The molecule has 2 N–H and O–H groups in total. The molecule has 12 heteroatoms. The van der Waals surface area contributed by atoms with E-state index in [-0.39, 0.29) is 31.3 Å². The van der Waals surface area contributed by atoms with Crippen LogP contribution in [0.25, 0.3) is 5.69 Å². The number of carbonyl (C=O) groups is 1. The number of hydrogen-bond donors (Lipinski definition) is 2. The molecule has 2 atom stereocenters. The second-order valence-corrected chi connectivity index (χ2v) is 8.76. The van der Waals surface area contributed by atoms with Gasteiger partial charge in [-0.15, -0.1) is 0 Å². The van der Waals surface area contributed by atoms with Gasteiger partial charge in [0.2, 0.25) is 6.79 Å². The van der Waals surface area contributed by atoms with Gasteiger partial charge < -0.3 is 20.1 Å². The summed E-state index contributed by atoms with van der Waals surface area (Å²) < 4.78 is 55.2. The van der Waals surface area contributed by atoms with Crippen molar-refractivity contribution < 1.29 is 27.4 Å². The first-order chi connectivity index (χ1) is 17.8. The van der Waals surface area contributed by atoms with Crippen LogP contribution >= 0.6 is 0 Å². The van der Waals surface area contributed by atoms with E-state index in [4.69, 9.17) is 9.47 Å². The Bertz CT molecular complexity index is 1430. The second-order valence-electron chi connectivity index (χ2n) is 8.76. The molecule has 0 aliphatic carbocycles. The Kier molecular flexibility index (Phi) is 5.50. The molecule has 4 aromatic rings. The van der Waals surface area contributed by atoms with Crippen LogP contribution < -0.4 is 20.1 Å². The lowest BCUT2D eigenvalue weighted by Gasteiger charge is -2.33. The normalized spacial score (nSPS) is 18.2. The summed E-state index contributed by atoms with van der Waals surface area (Å²) in [5.74, 6) is 0.581. The summed E-state index contributed by atoms with van der Waals surface area (Å²) in [5.41, 5.74) is 2.21. The van der Waals surface area contributed by atoms with Crippen LogP contribution in [-0.4, -0.2) is 38.4 Å². The minimum Gasteiger partial charge on any atom is -0.454 e. The molecule has 0 fully saturated rings. The van der Waals surface area contributed by atoms with Crippen LogP contribution in [0, 0.1) is 0 Å². The number of carbonyl (C=O) groups excluding carboxylic acids is 1. The van der Waals surface area contributed by atoms with Crippen LogP contribution in [0.5, 0.6) is 11.5 Å². The van der Waals surface area contributed by atoms with E-state index in [1.165, 1.54) is 6.07 Å². The number of nitrogens with zero attached hydrogens (tertiary/aromatic N) is 4. The zero-order valence-corrected chi connectivity index (χ0v) is 19.3. The van der Waals surface area contributed by atoms with E-state index in [9.17, 15) is 18.0 Å². The number of halogens is 3. The van der Waals surface area contributed by atoms with Gasteiger partial charge in [0.25, 0.3) is 5.91 Å². The molecule has 4 heterocycles. The zero-order chi connectivity index (χ0) is 25.6. The molecule has 37 heavy (non-hydrogen) atoms. The molecule has 1 amide bonds. The number of aromatic nitrogens is 4. The van der Waals surface area contributed by atoms with Gasteiger partial charge in [-0.05, 0) is 41.5 Å². The molecule has 0 unspecified atom stereocenters. The van der Waals surface area contributed by atoms with Crippen molar-refractivity contribution in [1.29, 1.82) is 0 Å². The topological polar surface area (TPSA) is 95.2 Å². The van der Waals surface area contributed by atoms with Crippen molar-refractivity contribution in [3.8, 4) is 17.2 Å². The first-order valence-electron chi connectivity index (χ1n) is 11.5. The van der Waals surface area contributed by atoms with Gasteiger partial charge in [-0.3, -0.25) is 4.79 Å². The molecule has 0 saturated heterocycles. The van der Waals surface area contributed by atoms with Gasteiger partial charge in [0.1, 0.15) is 5.82 Å². The Morgan fingerprint density at radius 1 is 1.11 bits per heavy atom. The first kappa shape index (κ1) is 23.0. The Morgan fingerprint density at radius 3 is 2.68 bits per heavy atom. The average Bonchev–Trinajstić information content (AvgIpc) is 3.66. The van der Waals surface area contributed by atoms with Gasteiger partial charge in [-0.2, -0.15) is 23.4 Å². The Labute approximate surface area is 208 Å². The molecule has 0 saturated carbocycles. The van der Waals surface area contributed by atoms with E-state index in [2.05, 4.69) is 20.8 Å². The molecule has 9 nitrogen and oxygen atoms in total. The van der Waals surface area contributed by atoms with E-state index in [0.29, 0.717) is 17.1 Å². The van der Waals surface area contributed by atoms with Crippen LogP contribution in [0.3, 0.4) is 0 Å². The largest absolute Gasteiger partial charge is 0.454 e. The maximum atomic E-state index is 14.0. The lowest BCUT2D eigenvalue weighted by atomic mass is 9.96. The highest BCUT2D eigenvalue weighted by Crippen LogP contribution is 2.45. The fourth-order valence-electron chi connectivity index (χ4n) is 4.49. The maximum absolute atomic E-state index is 14.0. The molecular weight excluding hydrogens is 489 g/mol. The minimum absolute atomic E-state index is 0.0712. The number of anilines is 1. The molecule has 2 aliphatic heterocycles. The standard InChI is InChI=1S/C25H21F3N6O3/c26-25(27,28)22-11-18(16-4-7-20-21(10-16)37-14-36-20)31-23-12-19(32-34(22)23)24(35)29-13-15-2-5-17(6-3-15)33-9-1-8-30-33/h1-10,12,18,22,31H,11,13-14H2,(H,29,35)/t18-,22-/m1/s1. The predicted octanol–water partition coefficient (Wildman–Crippen LogP) is 4.39. The second kappa shape index (κ2) is 8.87. The molecule has 2 aromatic carbocycles. The number of amides is 1. The van der Waals surface area contributed by atoms with E-state index in [0.717, 1.165) is 15.9 Å². The number of ether oxygens (including phenoxy) is 2. The van der Waals surface area contributed by atoms with Crippen molar-refractivity contribution in [3.05, 3.63) is 83.8 Å². The molecule has 0 spiro atoms. The number of rotatable bonds is 5. The van der Waals surface area contributed by atoms with Crippen molar-refractivity contribution in [1.82, 2.24) is 24.9 Å². The number of alkyl halides is 3. The van der Waals surface area contributed by atoms with E-state index >= 15 is 0 Å². The highest BCUT2D eigenvalue weighted by Gasteiger charge is 2.47. The Balaban J connectivity index is 1.19.